The summed E-state index contributed by atoms with van der Waals surface area (Å²) in [7, 11) is 0. The van der Waals surface area contributed by atoms with Gasteiger partial charge in [-0.25, -0.2) is 5.11 Å². The van der Waals surface area contributed by atoms with Gasteiger partial charge in [0.05, 0.1) is 4.92 Å². The van der Waals surface area contributed by atoms with Crippen molar-refractivity contribution in [3.63, 3.8) is 0 Å². The van der Waals surface area contributed by atoms with Crippen LogP contribution in [0.25, 0.3) is 0 Å². The van der Waals surface area contributed by atoms with E-state index in [0.29, 0.717) is 5.56 Å². The van der Waals surface area contributed by atoms with Crippen LogP contribution in [0.4, 0.5) is 5.69 Å². The van der Waals surface area contributed by atoms with Gasteiger partial charge in [0.15, 0.2) is 0 Å². The normalized spacial score (nSPS) is 9.55. The van der Waals surface area contributed by atoms with Gasteiger partial charge in [-0.2, -0.15) is 0 Å². The number of rotatable bonds is 2. The topological polar surface area (TPSA) is 63.0 Å². The van der Waals surface area contributed by atoms with Crippen LogP contribution in [0.5, 0.6) is 0 Å². The minimum atomic E-state index is -0.515. The van der Waals surface area contributed by atoms with Crippen molar-refractivity contribution in [2.45, 2.75) is 6.61 Å². The Bertz CT molecular complexity index is 272. The molecule has 0 N–H and O–H groups in total. The van der Waals surface area contributed by atoms with Crippen molar-refractivity contribution >= 4 is 5.69 Å². The molecule has 0 aliphatic heterocycles. The summed E-state index contributed by atoms with van der Waals surface area (Å²) < 4.78 is 0. The molecule has 0 fully saturated rings. The summed E-state index contributed by atoms with van der Waals surface area (Å²) in [5.74, 6) is 0. The third-order valence-corrected chi connectivity index (χ3v) is 1.29. The third-order valence-electron chi connectivity index (χ3n) is 1.29. The molecule has 0 aliphatic rings. The monoisotopic (exact) mass is 152 g/mol. The van der Waals surface area contributed by atoms with E-state index in [1.165, 1.54) is 18.2 Å². The van der Waals surface area contributed by atoms with Crippen molar-refractivity contribution in [3.8, 4) is 0 Å². The molecular formula is C7H6NO3. The Morgan fingerprint density at radius 1 is 1.45 bits per heavy atom. The molecule has 4 heteroatoms. The van der Waals surface area contributed by atoms with E-state index in [2.05, 4.69) is 0 Å². The number of hydrogen-bond donors (Lipinski definition) is 0. The van der Waals surface area contributed by atoms with Crippen molar-refractivity contribution < 1.29 is 10.0 Å². The van der Waals surface area contributed by atoms with E-state index in [1.54, 1.807) is 6.07 Å². The molecule has 0 bridgehead atoms. The van der Waals surface area contributed by atoms with Crippen LogP contribution >= 0.6 is 0 Å². The van der Waals surface area contributed by atoms with Crippen LogP contribution < -0.4 is 0 Å². The summed E-state index contributed by atoms with van der Waals surface area (Å²) in [5, 5.41) is 20.5. The lowest BCUT2D eigenvalue weighted by Crippen LogP contribution is -1.89. The van der Waals surface area contributed by atoms with Gasteiger partial charge in [-0.1, -0.05) is 12.1 Å². The first kappa shape index (κ1) is 7.68. The lowest BCUT2D eigenvalue weighted by Gasteiger charge is -1.92. The average Bonchev–Trinajstić information content (AvgIpc) is 2.05. The van der Waals surface area contributed by atoms with Crippen LogP contribution in [0, 0.1) is 10.1 Å². The zero-order valence-electron chi connectivity index (χ0n) is 5.69. The molecule has 1 aromatic carbocycles. The van der Waals surface area contributed by atoms with Crippen LogP contribution in [-0.2, 0) is 11.7 Å². The van der Waals surface area contributed by atoms with E-state index in [1.807, 2.05) is 0 Å². The van der Waals surface area contributed by atoms with E-state index >= 15 is 0 Å². The van der Waals surface area contributed by atoms with E-state index in [-0.39, 0.29) is 5.69 Å². The van der Waals surface area contributed by atoms with Gasteiger partial charge in [0.25, 0.3) is 5.69 Å². The lowest BCUT2D eigenvalue weighted by molar-refractivity contribution is -0.385. The van der Waals surface area contributed by atoms with Crippen LogP contribution in [0.3, 0.4) is 0 Å². The largest absolute Gasteiger partial charge is 0.269 e. The van der Waals surface area contributed by atoms with Crippen molar-refractivity contribution in [2.24, 2.45) is 0 Å². The zero-order chi connectivity index (χ0) is 8.27. The summed E-state index contributed by atoms with van der Waals surface area (Å²) in [4.78, 5) is 9.66. The van der Waals surface area contributed by atoms with Gasteiger partial charge in [0.2, 0.25) is 0 Å². The summed E-state index contributed by atoms with van der Waals surface area (Å²) in [5.41, 5.74) is 0.414. The smallest absolute Gasteiger partial charge is 0.258 e. The third kappa shape index (κ3) is 1.75. The highest BCUT2D eigenvalue weighted by atomic mass is 16.6. The lowest BCUT2D eigenvalue weighted by atomic mass is 10.2. The predicted molar refractivity (Wildman–Crippen MR) is 37.5 cm³/mol. The predicted octanol–water partition coefficient (Wildman–Crippen LogP) is 1.53. The highest BCUT2D eigenvalue weighted by Gasteiger charge is 2.03. The molecule has 1 radical (unpaired) electrons. The second-order valence-corrected chi connectivity index (χ2v) is 2.07. The Labute approximate surface area is 63.2 Å². The van der Waals surface area contributed by atoms with Gasteiger partial charge in [-0.15, -0.1) is 0 Å². The van der Waals surface area contributed by atoms with Crippen LogP contribution in [0.15, 0.2) is 24.3 Å². The highest BCUT2D eigenvalue weighted by molar-refractivity contribution is 5.33. The number of nitro groups is 1. The molecule has 1 rings (SSSR count). The summed E-state index contributed by atoms with van der Waals surface area (Å²) in [6, 6.07) is 5.72. The van der Waals surface area contributed by atoms with Gasteiger partial charge in [0.1, 0.15) is 6.61 Å². The molecule has 0 aliphatic carbocycles. The second-order valence-electron chi connectivity index (χ2n) is 2.07. The molecular weight excluding hydrogens is 146 g/mol. The maximum atomic E-state index is 10.3. The molecule has 11 heavy (non-hydrogen) atoms. The number of non-ortho nitro benzene ring substituents is 1. The van der Waals surface area contributed by atoms with Gasteiger partial charge in [0, 0.05) is 12.1 Å². The Hall–Kier alpha value is -1.42. The molecule has 0 aromatic heterocycles. The molecule has 0 unspecified atom stereocenters. The van der Waals surface area contributed by atoms with Crippen molar-refractivity contribution in [1.29, 1.82) is 0 Å². The van der Waals surface area contributed by atoms with E-state index < -0.39 is 11.5 Å². The number of nitro benzene ring substituents is 1. The maximum absolute atomic E-state index is 10.3. The summed E-state index contributed by atoms with van der Waals surface area (Å²) >= 11 is 0. The number of hydrogen-bond acceptors (Lipinski definition) is 2. The highest BCUT2D eigenvalue weighted by Crippen LogP contribution is 2.12. The standard InChI is InChI=1S/C7H6NO3/c9-5-6-2-1-3-7(4-6)8(10)11/h1-4H,5H2. The van der Waals surface area contributed by atoms with Gasteiger partial charge in [-0.3, -0.25) is 10.1 Å². The quantitative estimate of drug-likeness (QED) is 0.476. The molecule has 1 aromatic rings. The molecule has 0 heterocycles. The average molecular weight is 152 g/mol. The minimum absolute atomic E-state index is 0.0293. The van der Waals surface area contributed by atoms with E-state index in [9.17, 15) is 15.2 Å². The SMILES string of the molecule is [O]Cc1cccc([N+](=O)[O-])c1. The fraction of sp³-hybridized carbons (Fsp3) is 0.143. The Kier molecular flexibility index (Phi) is 2.18. The van der Waals surface area contributed by atoms with E-state index in [0.717, 1.165) is 0 Å². The van der Waals surface area contributed by atoms with Crippen LogP contribution in [0.2, 0.25) is 0 Å². The Balaban J connectivity index is 3.01. The summed E-state index contributed by atoms with van der Waals surface area (Å²) in [6.45, 7) is -0.415. The first-order valence-electron chi connectivity index (χ1n) is 3.05. The van der Waals surface area contributed by atoms with Crippen molar-refractivity contribution in [3.05, 3.63) is 39.9 Å². The molecule has 0 saturated heterocycles. The minimum Gasteiger partial charge on any atom is -0.258 e. The number of benzene rings is 1. The maximum Gasteiger partial charge on any atom is 0.269 e. The number of nitrogens with zero attached hydrogens (tertiary/aromatic N) is 1. The van der Waals surface area contributed by atoms with Crippen LogP contribution in [0.1, 0.15) is 5.56 Å². The molecule has 0 spiro atoms. The van der Waals surface area contributed by atoms with Crippen LogP contribution in [-0.4, -0.2) is 4.92 Å². The summed E-state index contributed by atoms with van der Waals surface area (Å²) in [6.07, 6.45) is 0. The Morgan fingerprint density at radius 3 is 2.73 bits per heavy atom. The van der Waals surface area contributed by atoms with Gasteiger partial charge >= 0.3 is 0 Å². The fourth-order valence-corrected chi connectivity index (χ4v) is 0.760. The first-order valence-corrected chi connectivity index (χ1v) is 3.05. The molecule has 0 amide bonds. The zero-order valence-corrected chi connectivity index (χ0v) is 5.69. The molecule has 4 nitrogen and oxygen atoms in total. The van der Waals surface area contributed by atoms with Crippen molar-refractivity contribution in [2.75, 3.05) is 0 Å². The second kappa shape index (κ2) is 3.12. The Morgan fingerprint density at radius 2 is 2.18 bits per heavy atom. The van der Waals surface area contributed by atoms with Gasteiger partial charge in [-0.05, 0) is 5.56 Å². The molecule has 57 valence electrons. The van der Waals surface area contributed by atoms with Gasteiger partial charge < -0.3 is 0 Å². The first-order chi connectivity index (χ1) is 5.24. The van der Waals surface area contributed by atoms with Crippen molar-refractivity contribution in [1.82, 2.24) is 0 Å². The molecule has 0 saturated carbocycles. The molecule has 0 atom stereocenters. The van der Waals surface area contributed by atoms with E-state index in [4.69, 9.17) is 0 Å². The fourth-order valence-electron chi connectivity index (χ4n) is 0.760.